The molecule has 1 fully saturated rings. The molecule has 1 unspecified atom stereocenters. The van der Waals surface area contributed by atoms with Gasteiger partial charge in [-0.25, -0.2) is 0 Å². The second-order valence-corrected chi connectivity index (χ2v) is 5.25. The molecule has 96 valence electrons. The molecule has 0 aliphatic heterocycles. The molecule has 2 N–H and O–H groups in total. The van der Waals surface area contributed by atoms with Crippen molar-refractivity contribution in [3.8, 4) is 0 Å². The van der Waals surface area contributed by atoms with Gasteiger partial charge in [0.2, 0.25) is 0 Å². The Hall–Kier alpha value is -0.970. The lowest BCUT2D eigenvalue weighted by molar-refractivity contribution is 0.236. The van der Waals surface area contributed by atoms with Crippen LogP contribution in [0.4, 0.5) is 0 Å². The summed E-state index contributed by atoms with van der Waals surface area (Å²) < 4.78 is 0. The average Bonchev–Trinajstić information content (AvgIpc) is 2.75. The van der Waals surface area contributed by atoms with Gasteiger partial charge in [0.15, 0.2) is 5.82 Å². The van der Waals surface area contributed by atoms with E-state index in [0.29, 0.717) is 5.92 Å². The van der Waals surface area contributed by atoms with E-state index in [1.807, 2.05) is 0 Å². The SMILES string of the molecule is CCC1CCC(C(N)Cc2nnn(C)n2)CC1. The zero-order valence-corrected chi connectivity index (χ0v) is 10.8. The molecule has 0 amide bonds. The van der Waals surface area contributed by atoms with Crippen LogP contribution in [0.5, 0.6) is 0 Å². The summed E-state index contributed by atoms with van der Waals surface area (Å²) in [6.45, 7) is 2.29. The predicted octanol–water partition coefficient (Wildman–Crippen LogP) is 1.30. The molecule has 1 aromatic heterocycles. The summed E-state index contributed by atoms with van der Waals surface area (Å²) >= 11 is 0. The van der Waals surface area contributed by atoms with Crippen molar-refractivity contribution >= 4 is 0 Å². The quantitative estimate of drug-likeness (QED) is 0.857. The highest BCUT2D eigenvalue weighted by molar-refractivity contribution is 4.88. The van der Waals surface area contributed by atoms with Crippen LogP contribution in [-0.2, 0) is 13.5 Å². The topological polar surface area (TPSA) is 69.6 Å². The summed E-state index contributed by atoms with van der Waals surface area (Å²) in [5, 5.41) is 12.0. The molecule has 1 aromatic rings. The molecule has 1 atom stereocenters. The fourth-order valence-electron chi connectivity index (χ4n) is 2.81. The van der Waals surface area contributed by atoms with Crippen molar-refractivity contribution < 1.29 is 0 Å². The Bertz CT molecular complexity index is 340. The zero-order valence-electron chi connectivity index (χ0n) is 10.8. The predicted molar refractivity (Wildman–Crippen MR) is 66.2 cm³/mol. The smallest absolute Gasteiger partial charge is 0.176 e. The van der Waals surface area contributed by atoms with Crippen LogP contribution in [0, 0.1) is 11.8 Å². The van der Waals surface area contributed by atoms with E-state index < -0.39 is 0 Å². The molecule has 5 heteroatoms. The summed E-state index contributed by atoms with van der Waals surface area (Å²) in [6, 6.07) is 0.192. The molecule has 1 saturated carbocycles. The normalized spacial score (nSPS) is 27.0. The number of tetrazole rings is 1. The van der Waals surface area contributed by atoms with E-state index >= 15 is 0 Å². The third kappa shape index (κ3) is 3.25. The summed E-state index contributed by atoms with van der Waals surface area (Å²) in [4.78, 5) is 1.50. The first-order valence-electron chi connectivity index (χ1n) is 6.67. The maximum Gasteiger partial charge on any atom is 0.176 e. The molecule has 1 heterocycles. The third-order valence-corrected chi connectivity index (χ3v) is 4.04. The third-order valence-electron chi connectivity index (χ3n) is 4.04. The van der Waals surface area contributed by atoms with Crippen LogP contribution in [-0.4, -0.2) is 26.2 Å². The van der Waals surface area contributed by atoms with Crippen molar-refractivity contribution in [1.82, 2.24) is 20.2 Å². The van der Waals surface area contributed by atoms with Crippen LogP contribution in [0.25, 0.3) is 0 Å². The molecule has 2 rings (SSSR count). The highest BCUT2D eigenvalue weighted by Gasteiger charge is 2.25. The Morgan fingerprint density at radius 1 is 1.35 bits per heavy atom. The fraction of sp³-hybridized carbons (Fsp3) is 0.917. The van der Waals surface area contributed by atoms with Gasteiger partial charge >= 0.3 is 0 Å². The first-order chi connectivity index (χ1) is 8.19. The van der Waals surface area contributed by atoms with Crippen LogP contribution in [0.15, 0.2) is 0 Å². The van der Waals surface area contributed by atoms with Gasteiger partial charge in [0, 0.05) is 12.5 Å². The minimum atomic E-state index is 0.192. The Kier molecular flexibility index (Phi) is 4.10. The number of rotatable bonds is 4. The van der Waals surface area contributed by atoms with Gasteiger partial charge in [-0.2, -0.15) is 4.80 Å². The highest BCUT2D eigenvalue weighted by atomic mass is 15.6. The van der Waals surface area contributed by atoms with Crippen molar-refractivity contribution in [3.05, 3.63) is 5.82 Å². The second kappa shape index (κ2) is 5.58. The van der Waals surface area contributed by atoms with Crippen LogP contribution in [0.2, 0.25) is 0 Å². The maximum atomic E-state index is 6.26. The van der Waals surface area contributed by atoms with E-state index in [0.717, 1.165) is 18.2 Å². The average molecular weight is 237 g/mol. The Morgan fingerprint density at radius 2 is 2.06 bits per heavy atom. The number of nitrogens with zero attached hydrogens (tertiary/aromatic N) is 4. The van der Waals surface area contributed by atoms with E-state index in [1.165, 1.54) is 36.9 Å². The summed E-state index contributed by atoms with van der Waals surface area (Å²) in [6.07, 6.45) is 7.27. The lowest BCUT2D eigenvalue weighted by Crippen LogP contribution is -2.35. The van der Waals surface area contributed by atoms with E-state index in [1.54, 1.807) is 7.05 Å². The minimum absolute atomic E-state index is 0.192. The molecule has 0 saturated heterocycles. The zero-order chi connectivity index (χ0) is 12.3. The first-order valence-corrected chi connectivity index (χ1v) is 6.67. The van der Waals surface area contributed by atoms with Gasteiger partial charge in [-0.3, -0.25) is 0 Å². The standard InChI is InChI=1S/C12H23N5/c1-3-9-4-6-10(7-5-9)11(13)8-12-14-16-17(2)15-12/h9-11H,3-8,13H2,1-2H3. The van der Waals surface area contributed by atoms with Crippen molar-refractivity contribution in [2.75, 3.05) is 0 Å². The summed E-state index contributed by atoms with van der Waals surface area (Å²) in [5.74, 6) is 2.34. The Morgan fingerprint density at radius 3 is 2.59 bits per heavy atom. The van der Waals surface area contributed by atoms with Gasteiger partial charge in [-0.15, -0.1) is 10.2 Å². The number of hydrogen-bond acceptors (Lipinski definition) is 4. The van der Waals surface area contributed by atoms with E-state index in [9.17, 15) is 0 Å². The summed E-state index contributed by atoms with van der Waals surface area (Å²) in [5.41, 5.74) is 6.26. The number of hydrogen-bond donors (Lipinski definition) is 1. The molecule has 0 bridgehead atoms. The van der Waals surface area contributed by atoms with Gasteiger partial charge in [-0.1, -0.05) is 26.2 Å². The van der Waals surface area contributed by atoms with E-state index in [4.69, 9.17) is 5.73 Å². The van der Waals surface area contributed by atoms with Gasteiger partial charge in [-0.05, 0) is 29.9 Å². The molecule has 0 aromatic carbocycles. The minimum Gasteiger partial charge on any atom is -0.327 e. The van der Waals surface area contributed by atoms with Gasteiger partial charge < -0.3 is 5.73 Å². The maximum absolute atomic E-state index is 6.26. The van der Waals surface area contributed by atoms with Crippen LogP contribution >= 0.6 is 0 Å². The van der Waals surface area contributed by atoms with Crippen molar-refractivity contribution in [1.29, 1.82) is 0 Å². The molecule has 5 nitrogen and oxygen atoms in total. The molecular weight excluding hydrogens is 214 g/mol. The van der Waals surface area contributed by atoms with Crippen molar-refractivity contribution in [2.45, 2.75) is 51.5 Å². The number of nitrogens with two attached hydrogens (primary N) is 1. The van der Waals surface area contributed by atoms with Crippen LogP contribution < -0.4 is 5.73 Å². The fourth-order valence-corrected chi connectivity index (χ4v) is 2.81. The molecule has 0 spiro atoms. The molecule has 0 radical (unpaired) electrons. The lowest BCUT2D eigenvalue weighted by Gasteiger charge is -2.31. The van der Waals surface area contributed by atoms with Crippen molar-refractivity contribution in [2.24, 2.45) is 24.6 Å². The highest BCUT2D eigenvalue weighted by Crippen LogP contribution is 2.32. The lowest BCUT2D eigenvalue weighted by atomic mass is 9.77. The van der Waals surface area contributed by atoms with Crippen molar-refractivity contribution in [3.63, 3.8) is 0 Å². The summed E-state index contributed by atoms with van der Waals surface area (Å²) in [7, 11) is 1.79. The monoisotopic (exact) mass is 237 g/mol. The molecule has 1 aliphatic rings. The second-order valence-electron chi connectivity index (χ2n) is 5.25. The Balaban J connectivity index is 1.82. The van der Waals surface area contributed by atoms with E-state index in [-0.39, 0.29) is 6.04 Å². The molecule has 1 aliphatic carbocycles. The van der Waals surface area contributed by atoms with Gasteiger partial charge in [0.25, 0.3) is 0 Å². The number of aryl methyl sites for hydroxylation is 1. The number of aromatic nitrogens is 4. The van der Waals surface area contributed by atoms with Gasteiger partial charge in [0.05, 0.1) is 7.05 Å². The van der Waals surface area contributed by atoms with E-state index in [2.05, 4.69) is 22.3 Å². The first kappa shape index (κ1) is 12.5. The van der Waals surface area contributed by atoms with Crippen LogP contribution in [0.1, 0.15) is 44.9 Å². The van der Waals surface area contributed by atoms with Crippen LogP contribution in [0.3, 0.4) is 0 Å². The largest absolute Gasteiger partial charge is 0.327 e. The molecular formula is C12H23N5. The Labute approximate surface area is 103 Å². The van der Waals surface area contributed by atoms with Gasteiger partial charge in [0.1, 0.15) is 0 Å². The molecule has 17 heavy (non-hydrogen) atoms.